The third-order valence-corrected chi connectivity index (χ3v) is 3.42. The molecule has 0 atom stereocenters. The van der Waals surface area contributed by atoms with Crippen molar-refractivity contribution in [3.63, 3.8) is 0 Å². The molecular formula is C16H25N3O4. The Kier molecular flexibility index (Phi) is 8.07. The zero-order valence-corrected chi connectivity index (χ0v) is 14.1. The lowest BCUT2D eigenvalue weighted by molar-refractivity contribution is -0.139. The number of hydrogen-bond acceptors (Lipinski definition) is 5. The van der Waals surface area contributed by atoms with Crippen molar-refractivity contribution in [2.24, 2.45) is 0 Å². The van der Waals surface area contributed by atoms with Crippen LogP contribution in [-0.4, -0.2) is 52.0 Å². The summed E-state index contributed by atoms with van der Waals surface area (Å²) in [5, 5.41) is 5.00. The van der Waals surface area contributed by atoms with Gasteiger partial charge in [0.15, 0.2) is 6.29 Å². The summed E-state index contributed by atoms with van der Waals surface area (Å²) < 4.78 is 9.86. The number of carbonyl (C=O) groups excluding carboxylic acids is 2. The Hall–Kier alpha value is -2.12. The largest absolute Gasteiger partial charge is 0.372 e. The lowest BCUT2D eigenvalue weighted by Crippen LogP contribution is -2.40. The molecule has 2 N–H and O–H groups in total. The summed E-state index contributed by atoms with van der Waals surface area (Å²) in [6.07, 6.45) is -0.583. The molecule has 23 heavy (non-hydrogen) atoms. The Bertz CT molecular complexity index is 497. The van der Waals surface area contributed by atoms with Crippen LogP contribution in [0.5, 0.6) is 0 Å². The molecule has 128 valence electrons. The summed E-state index contributed by atoms with van der Waals surface area (Å²) in [5.74, 6) is -1.47. The van der Waals surface area contributed by atoms with Crippen LogP contribution in [0.4, 0.5) is 11.4 Å². The van der Waals surface area contributed by atoms with E-state index < -0.39 is 18.1 Å². The van der Waals surface area contributed by atoms with Gasteiger partial charge >= 0.3 is 11.8 Å². The Morgan fingerprint density at radius 2 is 1.61 bits per heavy atom. The van der Waals surface area contributed by atoms with Gasteiger partial charge in [0.1, 0.15) is 0 Å². The first-order valence-electron chi connectivity index (χ1n) is 7.55. The van der Waals surface area contributed by atoms with Crippen LogP contribution >= 0.6 is 0 Å². The maximum absolute atomic E-state index is 11.8. The summed E-state index contributed by atoms with van der Waals surface area (Å²) in [6.45, 7) is 6.07. The van der Waals surface area contributed by atoms with Crippen LogP contribution in [0.3, 0.4) is 0 Å². The van der Waals surface area contributed by atoms with Gasteiger partial charge in [-0.25, -0.2) is 0 Å². The molecule has 1 aromatic carbocycles. The van der Waals surface area contributed by atoms with Crippen molar-refractivity contribution in [3.05, 3.63) is 24.3 Å². The van der Waals surface area contributed by atoms with Gasteiger partial charge in [0.25, 0.3) is 0 Å². The molecular weight excluding hydrogens is 298 g/mol. The number of methoxy groups -OCH3 is 2. The van der Waals surface area contributed by atoms with E-state index in [1.54, 1.807) is 12.1 Å². The Morgan fingerprint density at radius 3 is 2.09 bits per heavy atom. The zero-order chi connectivity index (χ0) is 17.2. The number of carbonyl (C=O) groups is 2. The standard InChI is InChI=1S/C16H25N3O4/c1-5-19(6-2)13-9-7-12(8-10-13)18-16(21)15(20)17-11-14(22-3)23-4/h7-10,14H,5-6,11H2,1-4H3,(H,17,20)(H,18,21). The van der Waals surface area contributed by atoms with Crippen molar-refractivity contribution >= 4 is 23.2 Å². The third kappa shape index (κ3) is 5.88. The maximum atomic E-state index is 11.8. The maximum Gasteiger partial charge on any atom is 0.313 e. The lowest BCUT2D eigenvalue weighted by Gasteiger charge is -2.21. The summed E-state index contributed by atoms with van der Waals surface area (Å²) in [4.78, 5) is 25.7. The fraction of sp³-hybridized carbons (Fsp3) is 0.500. The smallest absolute Gasteiger partial charge is 0.313 e. The molecule has 2 amide bonds. The highest BCUT2D eigenvalue weighted by atomic mass is 16.7. The average Bonchev–Trinajstić information content (AvgIpc) is 2.58. The number of ether oxygens (including phenoxy) is 2. The number of anilines is 2. The van der Waals surface area contributed by atoms with Crippen molar-refractivity contribution in [3.8, 4) is 0 Å². The van der Waals surface area contributed by atoms with E-state index in [-0.39, 0.29) is 6.54 Å². The van der Waals surface area contributed by atoms with E-state index in [0.29, 0.717) is 5.69 Å². The molecule has 0 aliphatic heterocycles. The topological polar surface area (TPSA) is 79.9 Å². The van der Waals surface area contributed by atoms with Crippen LogP contribution in [-0.2, 0) is 19.1 Å². The van der Waals surface area contributed by atoms with Gasteiger partial charge in [0, 0.05) is 38.7 Å². The minimum atomic E-state index is -0.739. The molecule has 1 aromatic rings. The van der Waals surface area contributed by atoms with Gasteiger partial charge in [-0.3, -0.25) is 9.59 Å². The highest BCUT2D eigenvalue weighted by Gasteiger charge is 2.15. The van der Waals surface area contributed by atoms with E-state index in [2.05, 4.69) is 29.4 Å². The summed E-state index contributed by atoms with van der Waals surface area (Å²) >= 11 is 0. The van der Waals surface area contributed by atoms with Gasteiger partial charge in [-0.1, -0.05) is 0 Å². The molecule has 0 unspecified atom stereocenters. The SMILES string of the molecule is CCN(CC)c1ccc(NC(=O)C(=O)NCC(OC)OC)cc1. The average molecular weight is 323 g/mol. The zero-order valence-electron chi connectivity index (χ0n) is 14.1. The van der Waals surface area contributed by atoms with E-state index in [9.17, 15) is 9.59 Å². The van der Waals surface area contributed by atoms with Crippen molar-refractivity contribution in [1.29, 1.82) is 0 Å². The third-order valence-electron chi connectivity index (χ3n) is 3.42. The molecule has 0 radical (unpaired) electrons. The first kappa shape index (κ1) is 18.9. The number of rotatable bonds is 8. The number of nitrogens with one attached hydrogen (secondary N) is 2. The van der Waals surface area contributed by atoms with Gasteiger partial charge in [-0.2, -0.15) is 0 Å². The molecule has 0 aromatic heterocycles. The number of amides is 2. The monoisotopic (exact) mass is 323 g/mol. The molecule has 0 aliphatic carbocycles. The van der Waals surface area contributed by atoms with Crippen molar-refractivity contribution in [1.82, 2.24) is 5.32 Å². The fourth-order valence-electron chi connectivity index (χ4n) is 2.05. The molecule has 0 heterocycles. The molecule has 0 bridgehead atoms. The first-order valence-corrected chi connectivity index (χ1v) is 7.55. The van der Waals surface area contributed by atoms with Crippen molar-refractivity contribution in [2.45, 2.75) is 20.1 Å². The summed E-state index contributed by atoms with van der Waals surface area (Å²) in [7, 11) is 2.91. The highest BCUT2D eigenvalue weighted by Crippen LogP contribution is 2.17. The molecule has 0 saturated carbocycles. The van der Waals surface area contributed by atoms with Crippen molar-refractivity contribution < 1.29 is 19.1 Å². The van der Waals surface area contributed by atoms with Gasteiger partial charge in [-0.15, -0.1) is 0 Å². The second kappa shape index (κ2) is 9.81. The fourth-order valence-corrected chi connectivity index (χ4v) is 2.05. The van der Waals surface area contributed by atoms with E-state index in [1.807, 2.05) is 12.1 Å². The predicted molar refractivity (Wildman–Crippen MR) is 89.4 cm³/mol. The van der Waals surface area contributed by atoms with E-state index in [4.69, 9.17) is 9.47 Å². The molecule has 7 heteroatoms. The van der Waals surface area contributed by atoms with Crippen LogP contribution in [0.2, 0.25) is 0 Å². The Balaban J connectivity index is 2.55. The molecule has 0 saturated heterocycles. The minimum Gasteiger partial charge on any atom is -0.372 e. The lowest BCUT2D eigenvalue weighted by atomic mass is 10.2. The van der Waals surface area contributed by atoms with Crippen LogP contribution in [0.15, 0.2) is 24.3 Å². The van der Waals surface area contributed by atoms with Crippen molar-refractivity contribution in [2.75, 3.05) is 44.1 Å². The van der Waals surface area contributed by atoms with Gasteiger partial charge in [0.2, 0.25) is 0 Å². The van der Waals surface area contributed by atoms with Gasteiger partial charge in [0.05, 0.1) is 6.54 Å². The second-order valence-electron chi connectivity index (χ2n) is 4.78. The molecule has 1 rings (SSSR count). The quantitative estimate of drug-likeness (QED) is 0.555. The second-order valence-corrected chi connectivity index (χ2v) is 4.78. The van der Waals surface area contributed by atoms with E-state index >= 15 is 0 Å². The number of nitrogens with zero attached hydrogens (tertiary/aromatic N) is 1. The summed E-state index contributed by atoms with van der Waals surface area (Å²) in [6, 6.07) is 7.36. The van der Waals surface area contributed by atoms with Gasteiger partial charge < -0.3 is 25.0 Å². The van der Waals surface area contributed by atoms with Crippen LogP contribution in [0, 0.1) is 0 Å². The number of hydrogen-bond donors (Lipinski definition) is 2. The molecule has 0 fully saturated rings. The van der Waals surface area contributed by atoms with E-state index in [1.165, 1.54) is 14.2 Å². The summed E-state index contributed by atoms with van der Waals surface area (Å²) in [5.41, 5.74) is 1.64. The van der Waals surface area contributed by atoms with E-state index in [0.717, 1.165) is 18.8 Å². The normalized spacial score (nSPS) is 10.5. The van der Waals surface area contributed by atoms with Crippen LogP contribution < -0.4 is 15.5 Å². The van der Waals surface area contributed by atoms with Crippen LogP contribution in [0.1, 0.15) is 13.8 Å². The molecule has 0 spiro atoms. The Morgan fingerprint density at radius 1 is 1.04 bits per heavy atom. The van der Waals surface area contributed by atoms with Gasteiger partial charge in [-0.05, 0) is 38.1 Å². The minimum absolute atomic E-state index is 0.0974. The molecule has 0 aliphatic rings. The van der Waals surface area contributed by atoms with Crippen LogP contribution in [0.25, 0.3) is 0 Å². The molecule has 7 nitrogen and oxygen atoms in total. The highest BCUT2D eigenvalue weighted by molar-refractivity contribution is 6.39. The number of benzene rings is 1. The predicted octanol–water partition coefficient (Wildman–Crippen LogP) is 1.21. The Labute approximate surface area is 136 Å². The first-order chi connectivity index (χ1) is 11.0.